The highest BCUT2D eigenvalue weighted by Gasteiger charge is 2.01. The zero-order valence-electron chi connectivity index (χ0n) is 7.12. The molecule has 0 saturated carbocycles. The second-order valence-electron chi connectivity index (χ2n) is 2.38. The van der Waals surface area contributed by atoms with Crippen LogP contribution in [0.25, 0.3) is 0 Å². The van der Waals surface area contributed by atoms with Crippen LogP contribution in [0.15, 0.2) is 18.2 Å². The summed E-state index contributed by atoms with van der Waals surface area (Å²) in [5, 5.41) is 0.509. The molecule has 0 aliphatic rings. The largest absolute Gasteiger partial charge is 0.495 e. The van der Waals surface area contributed by atoms with Gasteiger partial charge in [0.05, 0.1) is 12.1 Å². The summed E-state index contributed by atoms with van der Waals surface area (Å²) >= 11 is 5.84. The number of rotatable bonds is 4. The van der Waals surface area contributed by atoms with Gasteiger partial charge in [0.25, 0.3) is 6.47 Å². The molecule has 0 N–H and O–H groups in total. The Morgan fingerprint density at radius 1 is 1.54 bits per heavy atom. The van der Waals surface area contributed by atoms with Crippen molar-refractivity contribution in [1.82, 2.24) is 0 Å². The Morgan fingerprint density at radius 2 is 2.31 bits per heavy atom. The number of benzene rings is 1. The standard InChI is InChI=1S/C9H9ClO3/c1-12-9-3-2-7(4-8(9)10)5-13-6-11/h2-4,6H,5H2,1H3. The Balaban J connectivity index is 2.76. The smallest absolute Gasteiger partial charge is 0.293 e. The first-order chi connectivity index (χ1) is 6.27. The molecule has 0 amide bonds. The Hall–Kier alpha value is -1.22. The number of hydrogen-bond donors (Lipinski definition) is 0. The van der Waals surface area contributed by atoms with Crippen molar-refractivity contribution in [3.8, 4) is 5.75 Å². The number of ether oxygens (including phenoxy) is 2. The first-order valence-corrected chi connectivity index (χ1v) is 4.03. The zero-order chi connectivity index (χ0) is 9.68. The van der Waals surface area contributed by atoms with Crippen LogP contribution in [0.2, 0.25) is 5.02 Å². The van der Waals surface area contributed by atoms with E-state index in [0.29, 0.717) is 17.2 Å². The van der Waals surface area contributed by atoms with Gasteiger partial charge < -0.3 is 9.47 Å². The molecule has 0 aliphatic heterocycles. The zero-order valence-corrected chi connectivity index (χ0v) is 7.88. The Morgan fingerprint density at radius 3 is 2.85 bits per heavy atom. The number of carbonyl (C=O) groups is 1. The van der Waals surface area contributed by atoms with Gasteiger partial charge in [-0.1, -0.05) is 17.7 Å². The van der Waals surface area contributed by atoms with Gasteiger partial charge in [0.2, 0.25) is 0 Å². The predicted molar refractivity (Wildman–Crippen MR) is 48.9 cm³/mol. The van der Waals surface area contributed by atoms with Gasteiger partial charge in [-0.25, -0.2) is 0 Å². The van der Waals surface area contributed by atoms with E-state index >= 15 is 0 Å². The van der Waals surface area contributed by atoms with Crippen LogP contribution < -0.4 is 4.74 Å². The van der Waals surface area contributed by atoms with E-state index < -0.39 is 0 Å². The molecule has 0 aliphatic carbocycles. The molecule has 3 nitrogen and oxygen atoms in total. The van der Waals surface area contributed by atoms with E-state index in [2.05, 4.69) is 4.74 Å². The number of halogens is 1. The minimum absolute atomic E-state index is 0.229. The maximum absolute atomic E-state index is 9.91. The molecule has 0 radical (unpaired) electrons. The van der Waals surface area contributed by atoms with E-state index in [1.165, 1.54) is 0 Å². The lowest BCUT2D eigenvalue weighted by Crippen LogP contribution is -1.91. The van der Waals surface area contributed by atoms with Gasteiger partial charge in [0.1, 0.15) is 12.4 Å². The highest BCUT2D eigenvalue weighted by Crippen LogP contribution is 2.24. The molecule has 4 heteroatoms. The predicted octanol–water partition coefficient (Wildman–Crippen LogP) is 2.02. The summed E-state index contributed by atoms with van der Waals surface area (Å²) in [5.41, 5.74) is 0.831. The van der Waals surface area contributed by atoms with Crippen LogP contribution in [0.5, 0.6) is 5.75 Å². The summed E-state index contributed by atoms with van der Waals surface area (Å²) in [4.78, 5) is 9.91. The molecule has 0 aromatic heterocycles. The maximum atomic E-state index is 9.91. The lowest BCUT2D eigenvalue weighted by atomic mass is 10.2. The van der Waals surface area contributed by atoms with Crippen LogP contribution in [0.1, 0.15) is 5.56 Å². The molecular formula is C9H9ClO3. The van der Waals surface area contributed by atoms with Crippen LogP contribution in [0.3, 0.4) is 0 Å². The summed E-state index contributed by atoms with van der Waals surface area (Å²) in [5.74, 6) is 0.608. The molecular weight excluding hydrogens is 192 g/mol. The van der Waals surface area contributed by atoms with E-state index in [-0.39, 0.29) is 6.61 Å². The van der Waals surface area contributed by atoms with Crippen molar-refractivity contribution in [3.63, 3.8) is 0 Å². The molecule has 0 spiro atoms. The highest BCUT2D eigenvalue weighted by molar-refractivity contribution is 6.32. The fraction of sp³-hybridized carbons (Fsp3) is 0.222. The number of methoxy groups -OCH3 is 1. The summed E-state index contributed by atoms with van der Waals surface area (Å²) in [6.07, 6.45) is 0. The van der Waals surface area contributed by atoms with Crippen molar-refractivity contribution >= 4 is 18.1 Å². The highest BCUT2D eigenvalue weighted by atomic mass is 35.5. The van der Waals surface area contributed by atoms with Crippen molar-refractivity contribution in [2.75, 3.05) is 7.11 Å². The van der Waals surface area contributed by atoms with Crippen molar-refractivity contribution in [2.24, 2.45) is 0 Å². The summed E-state index contributed by atoms with van der Waals surface area (Å²) in [7, 11) is 1.54. The molecule has 0 atom stereocenters. The van der Waals surface area contributed by atoms with Crippen molar-refractivity contribution in [2.45, 2.75) is 6.61 Å². The lowest BCUT2D eigenvalue weighted by Gasteiger charge is -2.04. The fourth-order valence-corrected chi connectivity index (χ4v) is 1.21. The SMILES string of the molecule is COc1ccc(COC=O)cc1Cl. The monoisotopic (exact) mass is 200 g/mol. The molecule has 0 saturated heterocycles. The van der Waals surface area contributed by atoms with Crippen molar-refractivity contribution in [3.05, 3.63) is 28.8 Å². The first kappa shape index (κ1) is 9.86. The molecule has 0 fully saturated rings. The third-order valence-corrected chi connectivity index (χ3v) is 1.83. The quantitative estimate of drug-likeness (QED) is 0.698. The first-order valence-electron chi connectivity index (χ1n) is 3.65. The minimum atomic E-state index is 0.229. The Kier molecular flexibility index (Phi) is 3.58. The molecule has 70 valence electrons. The normalized spacial score (nSPS) is 9.38. The second-order valence-corrected chi connectivity index (χ2v) is 2.78. The maximum Gasteiger partial charge on any atom is 0.293 e. The fourth-order valence-electron chi connectivity index (χ4n) is 0.930. The number of carbonyl (C=O) groups excluding carboxylic acids is 1. The van der Waals surface area contributed by atoms with Gasteiger partial charge in [-0.3, -0.25) is 4.79 Å². The van der Waals surface area contributed by atoms with Gasteiger partial charge in [-0.2, -0.15) is 0 Å². The molecule has 1 aromatic carbocycles. The molecule has 0 bridgehead atoms. The van der Waals surface area contributed by atoms with Crippen molar-refractivity contribution in [1.29, 1.82) is 0 Å². The van der Waals surface area contributed by atoms with Crippen molar-refractivity contribution < 1.29 is 14.3 Å². The Labute approximate surface area is 81.2 Å². The van der Waals surface area contributed by atoms with E-state index in [1.54, 1.807) is 25.3 Å². The van der Waals surface area contributed by atoms with Gasteiger partial charge >= 0.3 is 0 Å². The average molecular weight is 201 g/mol. The van der Waals surface area contributed by atoms with Gasteiger partial charge in [-0.05, 0) is 17.7 Å². The van der Waals surface area contributed by atoms with Crippen LogP contribution in [-0.4, -0.2) is 13.6 Å². The lowest BCUT2D eigenvalue weighted by molar-refractivity contribution is -0.129. The van der Waals surface area contributed by atoms with Gasteiger partial charge in [0, 0.05) is 0 Å². The molecule has 1 aromatic rings. The summed E-state index contributed by atoms with van der Waals surface area (Å²) < 4.78 is 9.53. The Bertz CT molecular complexity index is 299. The second kappa shape index (κ2) is 4.72. The van der Waals surface area contributed by atoms with Gasteiger partial charge in [0.15, 0.2) is 0 Å². The summed E-state index contributed by atoms with van der Waals surface area (Å²) in [6, 6.07) is 5.21. The average Bonchev–Trinajstić information content (AvgIpc) is 2.15. The topological polar surface area (TPSA) is 35.5 Å². The van der Waals surface area contributed by atoms with Crippen LogP contribution >= 0.6 is 11.6 Å². The third kappa shape index (κ3) is 2.63. The molecule has 0 unspecified atom stereocenters. The third-order valence-electron chi connectivity index (χ3n) is 1.53. The minimum Gasteiger partial charge on any atom is -0.495 e. The number of hydrogen-bond acceptors (Lipinski definition) is 3. The molecule has 13 heavy (non-hydrogen) atoms. The van der Waals surface area contributed by atoms with E-state index in [0.717, 1.165) is 5.56 Å². The van der Waals surface area contributed by atoms with Gasteiger partial charge in [-0.15, -0.1) is 0 Å². The van der Waals surface area contributed by atoms with Crippen LogP contribution in [0, 0.1) is 0 Å². The van der Waals surface area contributed by atoms with E-state index in [1.807, 2.05) is 0 Å². The molecule has 1 rings (SSSR count). The van der Waals surface area contributed by atoms with Crippen LogP contribution in [0.4, 0.5) is 0 Å². The van der Waals surface area contributed by atoms with E-state index in [9.17, 15) is 4.79 Å². The van der Waals surface area contributed by atoms with Crippen LogP contribution in [-0.2, 0) is 16.1 Å². The van der Waals surface area contributed by atoms with E-state index in [4.69, 9.17) is 16.3 Å². The molecule has 0 heterocycles. The summed E-state index contributed by atoms with van der Waals surface area (Å²) in [6.45, 7) is 0.630.